The summed E-state index contributed by atoms with van der Waals surface area (Å²) in [6.07, 6.45) is 6.87. The Morgan fingerprint density at radius 2 is 1.63 bits per heavy atom. The first-order valence-electron chi connectivity index (χ1n) is 14.5. The number of nitrogens with zero attached hydrogens (tertiary/aromatic N) is 6. The minimum atomic E-state index is -0.00819. The number of anilines is 2. The predicted molar refractivity (Wildman–Crippen MR) is 176 cm³/mol. The number of imidazole rings is 2. The van der Waals surface area contributed by atoms with Gasteiger partial charge in [-0.25, -0.2) is 15.0 Å². The normalized spacial score (nSPS) is 12.0. The van der Waals surface area contributed by atoms with Crippen LogP contribution in [0.5, 0.6) is 0 Å². The van der Waals surface area contributed by atoms with E-state index in [4.69, 9.17) is 4.99 Å². The van der Waals surface area contributed by atoms with Crippen LogP contribution in [0, 0.1) is 13.8 Å². The Morgan fingerprint density at radius 3 is 2.35 bits per heavy atom. The van der Waals surface area contributed by atoms with Gasteiger partial charge in [-0.15, -0.1) is 0 Å². The van der Waals surface area contributed by atoms with Crippen LogP contribution in [0.3, 0.4) is 0 Å². The van der Waals surface area contributed by atoms with Crippen molar-refractivity contribution in [2.75, 3.05) is 24.7 Å². The molecule has 3 aromatic carbocycles. The van der Waals surface area contributed by atoms with Crippen molar-refractivity contribution in [3.63, 3.8) is 0 Å². The van der Waals surface area contributed by atoms with Gasteiger partial charge in [0.1, 0.15) is 17.3 Å². The highest BCUT2D eigenvalue weighted by molar-refractivity contribution is 6.18. The molecule has 3 heterocycles. The van der Waals surface area contributed by atoms with Crippen LogP contribution < -0.4 is 10.6 Å². The van der Waals surface area contributed by atoms with Crippen LogP contribution in [-0.4, -0.2) is 49.8 Å². The highest BCUT2D eigenvalue weighted by atomic mass is 16.1. The number of carbonyl (C=O) groups is 1. The second-order valence-corrected chi connectivity index (χ2v) is 10.5. The summed E-state index contributed by atoms with van der Waals surface area (Å²) in [4.78, 5) is 27.2. The maximum Gasteiger partial charge on any atom is 0.205 e. The fraction of sp³-hybridized carbons (Fsp3) is 0.235. The highest BCUT2D eigenvalue weighted by Gasteiger charge is 2.20. The van der Waals surface area contributed by atoms with Gasteiger partial charge in [-0.05, 0) is 51.3 Å². The van der Waals surface area contributed by atoms with E-state index in [1.165, 1.54) is 5.39 Å². The molecule has 0 fully saturated rings. The molecule has 0 atom stereocenters. The number of guanidine groups is 1. The quantitative estimate of drug-likeness (QED) is 0.160. The van der Waals surface area contributed by atoms with Crippen molar-refractivity contribution in [1.82, 2.24) is 24.0 Å². The fourth-order valence-corrected chi connectivity index (χ4v) is 5.22. The van der Waals surface area contributed by atoms with Crippen molar-refractivity contribution in [3.8, 4) is 11.3 Å². The van der Waals surface area contributed by atoms with Crippen molar-refractivity contribution in [1.29, 1.82) is 0 Å². The molecule has 0 unspecified atom stereocenters. The van der Waals surface area contributed by atoms with E-state index in [0.717, 1.165) is 64.4 Å². The number of benzene rings is 3. The van der Waals surface area contributed by atoms with Gasteiger partial charge in [0.05, 0.1) is 29.5 Å². The summed E-state index contributed by atoms with van der Waals surface area (Å²) in [5, 5.41) is 9.14. The van der Waals surface area contributed by atoms with Gasteiger partial charge in [0.25, 0.3) is 0 Å². The first-order chi connectivity index (χ1) is 20.8. The topological polar surface area (TPSA) is 92.4 Å². The molecule has 43 heavy (non-hydrogen) atoms. The Labute approximate surface area is 252 Å². The minimum absolute atomic E-state index is 0.00819. The lowest BCUT2D eigenvalue weighted by Crippen LogP contribution is -2.23. The highest BCUT2D eigenvalue weighted by Crippen LogP contribution is 2.43. The summed E-state index contributed by atoms with van der Waals surface area (Å²) in [7, 11) is 3.76. The number of hydrogen-bond donors (Lipinski definition) is 2. The Hall–Kier alpha value is -5.18. The number of aromatic nitrogens is 4. The van der Waals surface area contributed by atoms with Gasteiger partial charge < -0.3 is 24.7 Å². The van der Waals surface area contributed by atoms with Crippen LogP contribution in [-0.2, 0) is 13.1 Å². The average Bonchev–Trinajstić information content (AvgIpc) is 3.58. The SMILES string of the molecule is CCn1c(-c2ccc3cccc4c3c2N=C(Nc2ccccc2)N4)cnc1C.CCn1c(C(=O)C=CN(C)C)cnc1C. The third kappa shape index (κ3) is 6.21. The maximum atomic E-state index is 11.8. The van der Waals surface area contributed by atoms with E-state index < -0.39 is 0 Å². The summed E-state index contributed by atoms with van der Waals surface area (Å²) < 4.78 is 4.13. The summed E-state index contributed by atoms with van der Waals surface area (Å²) in [6, 6.07) is 20.7. The zero-order chi connectivity index (χ0) is 30.5. The van der Waals surface area contributed by atoms with Gasteiger partial charge in [0.15, 0.2) is 0 Å². The van der Waals surface area contributed by atoms with Crippen molar-refractivity contribution in [2.45, 2.75) is 40.8 Å². The van der Waals surface area contributed by atoms with Crippen LogP contribution in [0.25, 0.3) is 22.0 Å². The number of carbonyl (C=O) groups excluding carboxylic acids is 1. The van der Waals surface area contributed by atoms with E-state index in [1.54, 1.807) is 18.5 Å². The lowest BCUT2D eigenvalue weighted by Gasteiger charge is -2.22. The van der Waals surface area contributed by atoms with Gasteiger partial charge in [-0.2, -0.15) is 0 Å². The summed E-state index contributed by atoms with van der Waals surface area (Å²) in [6.45, 7) is 9.72. The van der Waals surface area contributed by atoms with Crippen LogP contribution in [0.15, 0.2) is 90.3 Å². The van der Waals surface area contributed by atoms with E-state index in [-0.39, 0.29) is 5.78 Å². The molecule has 5 aromatic rings. The Bertz CT molecular complexity index is 1810. The van der Waals surface area contributed by atoms with Gasteiger partial charge in [-0.3, -0.25) is 4.79 Å². The zero-order valence-electron chi connectivity index (χ0n) is 25.6. The molecular formula is C34H38N8O. The molecule has 0 saturated carbocycles. The van der Waals surface area contributed by atoms with E-state index in [1.807, 2.05) is 80.9 Å². The molecule has 2 N–H and O–H groups in total. The Balaban J connectivity index is 0.000000209. The van der Waals surface area contributed by atoms with Gasteiger partial charge in [0, 0.05) is 56.1 Å². The number of hydrogen-bond acceptors (Lipinski definition) is 7. The second kappa shape index (κ2) is 12.8. The van der Waals surface area contributed by atoms with Gasteiger partial charge in [-0.1, -0.05) is 42.5 Å². The number of aliphatic imine (C=N–C) groups is 1. The first-order valence-corrected chi connectivity index (χ1v) is 14.5. The monoisotopic (exact) mass is 574 g/mol. The molecule has 0 saturated heterocycles. The molecule has 0 amide bonds. The molecule has 1 aliphatic rings. The number of ketones is 1. The summed E-state index contributed by atoms with van der Waals surface area (Å²) in [5.41, 5.74) is 5.86. The number of allylic oxidation sites excluding steroid dienone is 1. The first kappa shape index (κ1) is 29.3. The Kier molecular flexibility index (Phi) is 8.71. The molecule has 2 aromatic heterocycles. The van der Waals surface area contributed by atoms with E-state index in [2.05, 4.69) is 62.4 Å². The third-order valence-corrected chi connectivity index (χ3v) is 7.33. The Morgan fingerprint density at radius 1 is 0.907 bits per heavy atom. The largest absolute Gasteiger partial charge is 0.383 e. The van der Waals surface area contributed by atoms with Crippen molar-refractivity contribution in [3.05, 3.63) is 103 Å². The molecule has 0 bridgehead atoms. The fourth-order valence-electron chi connectivity index (χ4n) is 5.22. The standard InChI is InChI=1S/C23H21N5.C11H17N3O/c1-3-28-15(2)24-14-20(28)18-13-12-16-8-7-11-19-21(16)22(18)27-23(26-19)25-17-9-5-4-6-10-17;1-5-14-9(2)12-8-10(14)11(15)6-7-13(3)4/h4-14H,3H2,1-2H3,(H2,25,26,27);6-8H,5H2,1-4H3. The molecule has 0 aliphatic carbocycles. The lowest BCUT2D eigenvalue weighted by atomic mass is 9.99. The number of nitrogens with one attached hydrogen (secondary N) is 2. The van der Waals surface area contributed by atoms with Crippen LogP contribution in [0.2, 0.25) is 0 Å². The average molecular weight is 575 g/mol. The van der Waals surface area contributed by atoms with E-state index in [0.29, 0.717) is 5.69 Å². The second-order valence-electron chi connectivity index (χ2n) is 10.5. The van der Waals surface area contributed by atoms with Gasteiger partial charge in [0.2, 0.25) is 11.7 Å². The van der Waals surface area contributed by atoms with Crippen LogP contribution in [0.1, 0.15) is 36.0 Å². The number of rotatable bonds is 7. The molecular weight excluding hydrogens is 536 g/mol. The molecule has 6 rings (SSSR count). The summed E-state index contributed by atoms with van der Waals surface area (Å²) in [5.74, 6) is 2.60. The molecule has 220 valence electrons. The van der Waals surface area contributed by atoms with Gasteiger partial charge >= 0.3 is 0 Å². The molecule has 1 aliphatic heterocycles. The van der Waals surface area contributed by atoms with Crippen molar-refractivity contribution < 1.29 is 4.79 Å². The number of aryl methyl sites for hydroxylation is 2. The van der Waals surface area contributed by atoms with Crippen LogP contribution in [0.4, 0.5) is 17.1 Å². The van der Waals surface area contributed by atoms with Crippen molar-refractivity contribution in [2.24, 2.45) is 4.99 Å². The maximum absolute atomic E-state index is 11.8. The zero-order valence-corrected chi connectivity index (χ0v) is 25.6. The number of para-hydroxylation sites is 1. The molecule has 0 radical (unpaired) electrons. The van der Waals surface area contributed by atoms with E-state index in [9.17, 15) is 4.79 Å². The third-order valence-electron chi connectivity index (χ3n) is 7.33. The smallest absolute Gasteiger partial charge is 0.205 e. The lowest BCUT2D eigenvalue weighted by molar-refractivity contribution is 0.103. The molecule has 0 spiro atoms. The van der Waals surface area contributed by atoms with E-state index >= 15 is 0 Å². The molecule has 9 nitrogen and oxygen atoms in total. The molecule has 9 heteroatoms. The minimum Gasteiger partial charge on any atom is -0.383 e. The van der Waals surface area contributed by atoms with Crippen molar-refractivity contribution >= 4 is 39.6 Å². The van der Waals surface area contributed by atoms with Crippen LogP contribution >= 0.6 is 0 Å². The summed E-state index contributed by atoms with van der Waals surface area (Å²) >= 11 is 0. The predicted octanol–water partition coefficient (Wildman–Crippen LogP) is 7.03.